The minimum absolute atomic E-state index is 0.620. The third kappa shape index (κ3) is 1.42. The van der Waals surface area contributed by atoms with Crippen LogP contribution >= 0.6 is 22.9 Å². The molecule has 3 aromatic rings. The van der Waals surface area contributed by atoms with Gasteiger partial charge in [-0.25, -0.2) is 9.97 Å². The molecular formula is C11H8ClN3S. The van der Waals surface area contributed by atoms with Crippen molar-refractivity contribution in [1.29, 1.82) is 0 Å². The van der Waals surface area contributed by atoms with Crippen LogP contribution in [-0.2, 0) is 7.05 Å². The molecule has 2 heterocycles. The van der Waals surface area contributed by atoms with E-state index < -0.39 is 0 Å². The average Bonchev–Trinajstić information content (AvgIpc) is 2.84. The van der Waals surface area contributed by atoms with Gasteiger partial charge < -0.3 is 4.57 Å². The van der Waals surface area contributed by atoms with Crippen LogP contribution in [0.2, 0.25) is 5.15 Å². The van der Waals surface area contributed by atoms with Crippen molar-refractivity contribution in [2.24, 2.45) is 7.05 Å². The van der Waals surface area contributed by atoms with Crippen LogP contribution in [0.1, 0.15) is 0 Å². The molecule has 5 heteroatoms. The summed E-state index contributed by atoms with van der Waals surface area (Å²) in [6, 6.07) is 8.05. The van der Waals surface area contributed by atoms with Gasteiger partial charge in [0.2, 0.25) is 0 Å². The molecule has 0 N–H and O–H groups in total. The van der Waals surface area contributed by atoms with E-state index in [4.69, 9.17) is 11.6 Å². The van der Waals surface area contributed by atoms with Crippen LogP contribution in [-0.4, -0.2) is 14.5 Å². The second-order valence-corrected chi connectivity index (χ2v) is 4.87. The molecule has 0 aliphatic carbocycles. The number of nitrogens with zero attached hydrogens (tertiary/aromatic N) is 3. The van der Waals surface area contributed by atoms with Crippen LogP contribution < -0.4 is 0 Å². The molecule has 0 saturated heterocycles. The average molecular weight is 250 g/mol. The Labute approximate surface area is 101 Å². The van der Waals surface area contributed by atoms with Gasteiger partial charge >= 0.3 is 0 Å². The predicted octanol–water partition coefficient (Wildman–Crippen LogP) is 3.35. The predicted molar refractivity (Wildman–Crippen MR) is 66.8 cm³/mol. The van der Waals surface area contributed by atoms with Crippen LogP contribution in [0.15, 0.2) is 30.5 Å². The minimum Gasteiger partial charge on any atom is -0.316 e. The first kappa shape index (κ1) is 9.81. The van der Waals surface area contributed by atoms with Crippen molar-refractivity contribution < 1.29 is 0 Å². The number of para-hydroxylation sites is 1. The Balaban J connectivity index is 2.23. The van der Waals surface area contributed by atoms with Gasteiger partial charge in [-0.1, -0.05) is 23.7 Å². The van der Waals surface area contributed by atoms with E-state index in [0.717, 1.165) is 21.0 Å². The summed E-state index contributed by atoms with van der Waals surface area (Å²) in [5.74, 6) is 0.811. The van der Waals surface area contributed by atoms with E-state index in [0.29, 0.717) is 5.15 Å². The van der Waals surface area contributed by atoms with Gasteiger partial charge in [-0.05, 0) is 12.1 Å². The molecule has 0 unspecified atom stereocenters. The Morgan fingerprint density at radius 1 is 1.31 bits per heavy atom. The molecule has 0 aliphatic heterocycles. The third-order valence-electron chi connectivity index (χ3n) is 2.42. The van der Waals surface area contributed by atoms with Crippen LogP contribution in [0.3, 0.4) is 0 Å². The lowest BCUT2D eigenvalue weighted by atomic mass is 10.3. The number of benzene rings is 1. The molecule has 3 nitrogen and oxygen atoms in total. The zero-order chi connectivity index (χ0) is 11.1. The molecule has 0 atom stereocenters. The first-order valence-electron chi connectivity index (χ1n) is 4.79. The van der Waals surface area contributed by atoms with Gasteiger partial charge in [-0.3, -0.25) is 0 Å². The standard InChI is InChI=1S/C11H8ClN3S/c1-15-9(12)6-13-10(15)11-14-7-4-2-3-5-8(7)16-11/h2-6H,1H3. The van der Waals surface area contributed by atoms with E-state index in [2.05, 4.69) is 16.0 Å². The molecule has 1 aromatic carbocycles. The molecule has 0 aliphatic rings. The van der Waals surface area contributed by atoms with Crippen molar-refractivity contribution >= 4 is 33.2 Å². The molecule has 3 rings (SSSR count). The monoisotopic (exact) mass is 249 g/mol. The van der Waals surface area contributed by atoms with E-state index >= 15 is 0 Å². The number of aromatic nitrogens is 3. The molecular weight excluding hydrogens is 242 g/mol. The highest BCUT2D eigenvalue weighted by Gasteiger charge is 2.11. The maximum atomic E-state index is 5.96. The molecule has 0 spiro atoms. The maximum Gasteiger partial charge on any atom is 0.170 e. The second-order valence-electron chi connectivity index (χ2n) is 3.45. The molecule has 2 aromatic heterocycles. The summed E-state index contributed by atoms with van der Waals surface area (Å²) in [5.41, 5.74) is 1.00. The smallest absolute Gasteiger partial charge is 0.170 e. The molecule has 80 valence electrons. The number of imidazole rings is 1. The van der Waals surface area contributed by atoms with Crippen molar-refractivity contribution in [1.82, 2.24) is 14.5 Å². The van der Waals surface area contributed by atoms with Crippen molar-refractivity contribution in [3.8, 4) is 10.8 Å². The van der Waals surface area contributed by atoms with Crippen LogP contribution in [0.5, 0.6) is 0 Å². The molecule has 0 saturated carbocycles. The summed E-state index contributed by atoms with van der Waals surface area (Å²) in [5, 5.41) is 1.52. The molecule has 0 radical (unpaired) electrons. The Kier molecular flexibility index (Phi) is 2.19. The zero-order valence-electron chi connectivity index (χ0n) is 8.51. The van der Waals surface area contributed by atoms with E-state index in [1.54, 1.807) is 17.5 Å². The molecule has 0 amide bonds. The highest BCUT2D eigenvalue weighted by Crippen LogP contribution is 2.29. The summed E-state index contributed by atoms with van der Waals surface area (Å²) in [6.45, 7) is 0. The van der Waals surface area contributed by atoms with Crippen LogP contribution in [0, 0.1) is 0 Å². The van der Waals surface area contributed by atoms with Gasteiger partial charge in [0.15, 0.2) is 10.8 Å². The normalized spacial score (nSPS) is 11.1. The van der Waals surface area contributed by atoms with Gasteiger partial charge in [0.1, 0.15) is 5.15 Å². The van der Waals surface area contributed by atoms with Gasteiger partial charge in [-0.15, -0.1) is 11.3 Å². The molecule has 16 heavy (non-hydrogen) atoms. The van der Waals surface area contributed by atoms with Crippen molar-refractivity contribution in [3.05, 3.63) is 35.6 Å². The lowest BCUT2D eigenvalue weighted by molar-refractivity contribution is 0.924. The number of hydrogen-bond acceptors (Lipinski definition) is 3. The topological polar surface area (TPSA) is 30.7 Å². The lowest BCUT2D eigenvalue weighted by Gasteiger charge is -1.96. The highest BCUT2D eigenvalue weighted by molar-refractivity contribution is 7.21. The van der Waals surface area contributed by atoms with Crippen molar-refractivity contribution in [2.45, 2.75) is 0 Å². The summed E-state index contributed by atoms with van der Waals surface area (Å²) in [4.78, 5) is 8.79. The Morgan fingerprint density at radius 2 is 2.12 bits per heavy atom. The second kappa shape index (κ2) is 3.57. The Morgan fingerprint density at radius 3 is 2.81 bits per heavy atom. The lowest BCUT2D eigenvalue weighted by Crippen LogP contribution is -1.91. The van der Waals surface area contributed by atoms with Gasteiger partial charge in [0.05, 0.1) is 16.4 Å². The van der Waals surface area contributed by atoms with Gasteiger partial charge in [0, 0.05) is 7.05 Å². The van der Waals surface area contributed by atoms with E-state index in [1.807, 2.05) is 29.8 Å². The number of thiazole rings is 1. The van der Waals surface area contributed by atoms with Gasteiger partial charge in [-0.2, -0.15) is 0 Å². The fourth-order valence-corrected chi connectivity index (χ4v) is 2.68. The summed E-state index contributed by atoms with van der Waals surface area (Å²) in [6.07, 6.45) is 1.64. The zero-order valence-corrected chi connectivity index (χ0v) is 10.1. The number of halogens is 1. The van der Waals surface area contributed by atoms with Crippen molar-refractivity contribution in [3.63, 3.8) is 0 Å². The largest absolute Gasteiger partial charge is 0.316 e. The first-order chi connectivity index (χ1) is 7.75. The third-order valence-corrected chi connectivity index (χ3v) is 3.80. The fourth-order valence-electron chi connectivity index (χ4n) is 1.56. The summed E-state index contributed by atoms with van der Waals surface area (Å²) in [7, 11) is 1.89. The minimum atomic E-state index is 0.620. The van der Waals surface area contributed by atoms with E-state index in [-0.39, 0.29) is 0 Å². The number of fused-ring (bicyclic) bond motifs is 1. The fraction of sp³-hybridized carbons (Fsp3) is 0.0909. The van der Waals surface area contributed by atoms with Gasteiger partial charge in [0.25, 0.3) is 0 Å². The van der Waals surface area contributed by atoms with Crippen LogP contribution in [0.25, 0.3) is 21.0 Å². The molecule has 0 bridgehead atoms. The SMILES string of the molecule is Cn1c(Cl)cnc1-c1nc2ccccc2s1. The van der Waals surface area contributed by atoms with Crippen LogP contribution in [0.4, 0.5) is 0 Å². The van der Waals surface area contributed by atoms with E-state index in [9.17, 15) is 0 Å². The molecule has 0 fully saturated rings. The summed E-state index contributed by atoms with van der Waals surface area (Å²) >= 11 is 7.58. The highest BCUT2D eigenvalue weighted by atomic mass is 35.5. The van der Waals surface area contributed by atoms with Crippen molar-refractivity contribution in [2.75, 3.05) is 0 Å². The van der Waals surface area contributed by atoms with E-state index in [1.165, 1.54) is 0 Å². The number of rotatable bonds is 1. The first-order valence-corrected chi connectivity index (χ1v) is 5.98. The maximum absolute atomic E-state index is 5.96. The Hall–Kier alpha value is -1.39. The Bertz CT molecular complexity index is 623. The number of hydrogen-bond donors (Lipinski definition) is 0. The summed E-state index contributed by atoms with van der Waals surface area (Å²) < 4.78 is 3.00. The quantitative estimate of drug-likeness (QED) is 0.662.